The van der Waals surface area contributed by atoms with Crippen molar-refractivity contribution in [3.63, 3.8) is 0 Å². The van der Waals surface area contributed by atoms with Crippen LogP contribution in [-0.2, 0) is 4.79 Å². The predicted octanol–water partition coefficient (Wildman–Crippen LogP) is 3.09. The lowest BCUT2D eigenvalue weighted by molar-refractivity contribution is -0.135. The smallest absolute Gasteiger partial charge is 0.254 e. The molecule has 2 unspecified atom stereocenters. The molecule has 2 saturated heterocycles. The normalized spacial score (nSPS) is 24.7. The number of allylic oxidation sites excluding steroid dienone is 2. The molecule has 0 saturated carbocycles. The van der Waals surface area contributed by atoms with Gasteiger partial charge in [0, 0.05) is 72.7 Å². The van der Waals surface area contributed by atoms with Crippen LogP contribution in [0.5, 0.6) is 5.75 Å². The molecule has 2 aromatic carbocycles. The Morgan fingerprint density at radius 1 is 0.971 bits per heavy atom. The summed E-state index contributed by atoms with van der Waals surface area (Å²) in [6.45, 7) is 6.76. The number of hydrogen-bond donors (Lipinski definition) is 2. The fourth-order valence-corrected chi connectivity index (χ4v) is 5.73. The number of likely N-dealkylation sites (tertiary alicyclic amines) is 2. The molecule has 0 spiro atoms. The largest absolute Gasteiger partial charge is 0.490 e. The standard InChI is InChI=1S/C27H34N4O3/c1-16(2)34-25-11-19(9-17-5-3-4-6-22(17)25)27(33)31-14-20-12-30(13-21(20)15-31)26(32)18-7-8-23(28)24(29)10-18/h3-6,9,11,16,18,20-21H,7-8,10,12-15,28-29H2,1-2H3/t18-,20?,21?/m1/s1. The average Bonchev–Trinajstić information content (AvgIpc) is 3.39. The van der Waals surface area contributed by atoms with Gasteiger partial charge in [-0.15, -0.1) is 0 Å². The van der Waals surface area contributed by atoms with Gasteiger partial charge in [-0.2, -0.15) is 0 Å². The number of ether oxygens (including phenoxy) is 1. The number of carbonyl (C=O) groups is 2. The summed E-state index contributed by atoms with van der Waals surface area (Å²) in [6.07, 6.45) is 2.04. The maximum Gasteiger partial charge on any atom is 0.254 e. The molecule has 2 fully saturated rings. The van der Waals surface area contributed by atoms with E-state index in [0.29, 0.717) is 62.1 Å². The summed E-state index contributed by atoms with van der Waals surface area (Å²) in [6, 6.07) is 11.8. The van der Waals surface area contributed by atoms with E-state index >= 15 is 0 Å². The van der Waals surface area contributed by atoms with E-state index in [1.807, 2.05) is 60.0 Å². The van der Waals surface area contributed by atoms with Crippen molar-refractivity contribution in [3.8, 4) is 5.75 Å². The minimum Gasteiger partial charge on any atom is -0.490 e. The Bertz CT molecular complexity index is 1140. The lowest BCUT2D eigenvalue weighted by Crippen LogP contribution is -2.39. The number of nitrogens with two attached hydrogens (primary N) is 2. The average molecular weight is 463 g/mol. The molecule has 180 valence electrons. The van der Waals surface area contributed by atoms with Crippen molar-refractivity contribution in [2.45, 2.75) is 39.2 Å². The van der Waals surface area contributed by atoms with Gasteiger partial charge < -0.3 is 26.0 Å². The zero-order chi connectivity index (χ0) is 24.0. The molecule has 2 amide bonds. The molecule has 2 heterocycles. The molecule has 0 bridgehead atoms. The summed E-state index contributed by atoms with van der Waals surface area (Å²) in [4.78, 5) is 30.5. The maximum absolute atomic E-state index is 13.4. The number of nitrogens with zero attached hydrogens (tertiary/aromatic N) is 2. The van der Waals surface area contributed by atoms with Gasteiger partial charge in [0.1, 0.15) is 5.75 Å². The predicted molar refractivity (Wildman–Crippen MR) is 132 cm³/mol. The monoisotopic (exact) mass is 462 g/mol. The van der Waals surface area contributed by atoms with Crippen molar-refractivity contribution in [2.24, 2.45) is 29.2 Å². The highest BCUT2D eigenvalue weighted by Gasteiger charge is 2.44. The molecule has 5 rings (SSSR count). The fraction of sp³-hybridized carbons (Fsp3) is 0.481. The van der Waals surface area contributed by atoms with Crippen LogP contribution in [0.4, 0.5) is 0 Å². The Balaban J connectivity index is 1.27. The molecule has 0 aromatic heterocycles. The quantitative estimate of drug-likeness (QED) is 0.727. The van der Waals surface area contributed by atoms with E-state index in [4.69, 9.17) is 16.2 Å². The first-order valence-electron chi connectivity index (χ1n) is 12.3. The number of carbonyl (C=O) groups excluding carboxylic acids is 2. The number of fused-ring (bicyclic) bond motifs is 2. The molecule has 34 heavy (non-hydrogen) atoms. The number of benzene rings is 2. The zero-order valence-corrected chi connectivity index (χ0v) is 20.0. The van der Waals surface area contributed by atoms with E-state index < -0.39 is 0 Å². The van der Waals surface area contributed by atoms with Crippen molar-refractivity contribution in [1.29, 1.82) is 0 Å². The Kier molecular flexibility index (Phi) is 5.88. The summed E-state index contributed by atoms with van der Waals surface area (Å²) < 4.78 is 6.03. The van der Waals surface area contributed by atoms with E-state index in [0.717, 1.165) is 28.6 Å². The van der Waals surface area contributed by atoms with Gasteiger partial charge in [-0.3, -0.25) is 9.59 Å². The van der Waals surface area contributed by atoms with Gasteiger partial charge in [0.25, 0.3) is 5.91 Å². The molecular formula is C27H34N4O3. The molecular weight excluding hydrogens is 428 g/mol. The molecule has 2 aromatic rings. The number of amides is 2. The van der Waals surface area contributed by atoms with Crippen LogP contribution in [0.1, 0.15) is 43.5 Å². The lowest BCUT2D eigenvalue weighted by atomic mass is 9.89. The summed E-state index contributed by atoms with van der Waals surface area (Å²) in [5, 5.41) is 2.02. The number of rotatable bonds is 4. The molecule has 7 nitrogen and oxygen atoms in total. The van der Waals surface area contributed by atoms with Gasteiger partial charge in [0.15, 0.2) is 0 Å². The van der Waals surface area contributed by atoms with E-state index in [9.17, 15) is 9.59 Å². The highest BCUT2D eigenvalue weighted by Crippen LogP contribution is 2.36. The van der Waals surface area contributed by atoms with Crippen LogP contribution < -0.4 is 16.2 Å². The molecule has 0 radical (unpaired) electrons. The van der Waals surface area contributed by atoms with Crippen LogP contribution in [-0.4, -0.2) is 53.9 Å². The van der Waals surface area contributed by atoms with E-state index in [-0.39, 0.29) is 23.8 Å². The van der Waals surface area contributed by atoms with Crippen molar-refractivity contribution in [1.82, 2.24) is 9.80 Å². The molecule has 3 atom stereocenters. The fourth-order valence-electron chi connectivity index (χ4n) is 5.73. The topological polar surface area (TPSA) is 102 Å². The first-order chi connectivity index (χ1) is 16.3. The second-order valence-corrected chi connectivity index (χ2v) is 10.3. The van der Waals surface area contributed by atoms with Crippen LogP contribution >= 0.6 is 0 Å². The molecule has 4 N–H and O–H groups in total. The third-order valence-electron chi connectivity index (χ3n) is 7.51. The first kappa shape index (κ1) is 22.6. The van der Waals surface area contributed by atoms with Gasteiger partial charge in [-0.25, -0.2) is 0 Å². The molecule has 3 aliphatic rings. The second kappa shape index (κ2) is 8.85. The van der Waals surface area contributed by atoms with Crippen LogP contribution in [0.2, 0.25) is 0 Å². The Labute approximate surface area is 200 Å². The van der Waals surface area contributed by atoms with Crippen molar-refractivity contribution in [3.05, 3.63) is 53.4 Å². The van der Waals surface area contributed by atoms with Crippen LogP contribution in [0.25, 0.3) is 10.8 Å². The minimum absolute atomic E-state index is 0.0230. The third-order valence-corrected chi connectivity index (χ3v) is 7.51. The highest BCUT2D eigenvalue weighted by molar-refractivity contribution is 6.01. The van der Waals surface area contributed by atoms with E-state index in [1.54, 1.807) is 0 Å². The van der Waals surface area contributed by atoms with Gasteiger partial charge in [0.05, 0.1) is 6.10 Å². The zero-order valence-electron chi connectivity index (χ0n) is 20.0. The van der Waals surface area contributed by atoms with Crippen molar-refractivity contribution < 1.29 is 14.3 Å². The first-order valence-corrected chi connectivity index (χ1v) is 12.3. The lowest BCUT2D eigenvalue weighted by Gasteiger charge is -2.28. The highest BCUT2D eigenvalue weighted by atomic mass is 16.5. The Morgan fingerprint density at radius 2 is 1.65 bits per heavy atom. The second-order valence-electron chi connectivity index (χ2n) is 10.3. The van der Waals surface area contributed by atoms with Crippen LogP contribution in [0.15, 0.2) is 47.8 Å². The molecule has 7 heteroatoms. The van der Waals surface area contributed by atoms with Gasteiger partial charge in [-0.05, 0) is 44.2 Å². The van der Waals surface area contributed by atoms with Crippen molar-refractivity contribution in [2.75, 3.05) is 26.2 Å². The number of hydrogen-bond acceptors (Lipinski definition) is 5. The summed E-state index contributed by atoms with van der Waals surface area (Å²) in [5.41, 5.74) is 14.0. The van der Waals surface area contributed by atoms with E-state index in [1.165, 1.54) is 0 Å². The summed E-state index contributed by atoms with van der Waals surface area (Å²) >= 11 is 0. The molecule has 2 aliphatic heterocycles. The van der Waals surface area contributed by atoms with E-state index in [2.05, 4.69) is 0 Å². The Hall–Kier alpha value is -3.22. The SMILES string of the molecule is CC(C)Oc1cc(C(=O)N2CC3CN(C(=O)[C@@H]4CCC(N)=C(N)C4)CC3C2)cc2ccccc12. The molecule has 1 aliphatic carbocycles. The summed E-state index contributed by atoms with van der Waals surface area (Å²) in [7, 11) is 0. The van der Waals surface area contributed by atoms with Crippen LogP contribution in [0, 0.1) is 17.8 Å². The van der Waals surface area contributed by atoms with Crippen molar-refractivity contribution >= 4 is 22.6 Å². The third kappa shape index (κ3) is 4.19. The minimum atomic E-state index is -0.0687. The Morgan fingerprint density at radius 3 is 2.32 bits per heavy atom. The summed E-state index contributed by atoms with van der Waals surface area (Å²) in [5.74, 6) is 1.54. The van der Waals surface area contributed by atoms with Gasteiger partial charge in [0.2, 0.25) is 5.91 Å². The van der Waals surface area contributed by atoms with Gasteiger partial charge >= 0.3 is 0 Å². The maximum atomic E-state index is 13.4. The van der Waals surface area contributed by atoms with Gasteiger partial charge in [-0.1, -0.05) is 24.3 Å². The van der Waals surface area contributed by atoms with Crippen LogP contribution in [0.3, 0.4) is 0 Å².